The van der Waals surface area contributed by atoms with Crippen molar-refractivity contribution in [1.82, 2.24) is 9.97 Å². The Balaban J connectivity index is 2.16. The molecule has 130 valence electrons. The quantitative estimate of drug-likeness (QED) is 0.425. The van der Waals surface area contributed by atoms with E-state index in [1.807, 2.05) is 0 Å². The Kier molecular flexibility index (Phi) is 4.81. The van der Waals surface area contributed by atoms with E-state index in [2.05, 4.69) is 64.7 Å². The zero-order valence-corrected chi connectivity index (χ0v) is 19.1. The molecule has 0 fully saturated rings. The molecule has 0 aliphatic rings. The maximum atomic E-state index is 4.91. The molecule has 0 radical (unpaired) electrons. The summed E-state index contributed by atoms with van der Waals surface area (Å²) in [5, 5.41) is 1.11. The fourth-order valence-corrected chi connectivity index (χ4v) is 6.45. The molecule has 2 heterocycles. The summed E-state index contributed by atoms with van der Waals surface area (Å²) in [5.74, 6) is 0. The van der Waals surface area contributed by atoms with Crippen molar-refractivity contribution >= 4 is 32.3 Å². The van der Waals surface area contributed by atoms with Gasteiger partial charge in [-0.3, -0.25) is 0 Å². The summed E-state index contributed by atoms with van der Waals surface area (Å²) in [7, 11) is 0. The molecular formula is C19H24IN2S2-. The van der Waals surface area contributed by atoms with Crippen molar-refractivity contribution in [2.75, 3.05) is 4.93 Å². The summed E-state index contributed by atoms with van der Waals surface area (Å²) in [4.78, 5) is 14.1. The molecule has 2 nitrogen and oxygen atoms in total. The Labute approximate surface area is 163 Å². The average molecular weight is 471 g/mol. The first-order valence-electron chi connectivity index (χ1n) is 8.02. The summed E-state index contributed by atoms with van der Waals surface area (Å²) >= 11 is 3.56. The molecule has 0 bridgehead atoms. The Morgan fingerprint density at radius 2 is 1.54 bits per heavy atom. The molecular weight excluding hydrogens is 447 g/mol. The number of hydrogen-bond acceptors (Lipinski definition) is 4. The van der Waals surface area contributed by atoms with E-state index in [1.54, 1.807) is 22.7 Å². The fourth-order valence-electron chi connectivity index (χ4n) is 2.63. The summed E-state index contributed by atoms with van der Waals surface area (Å²) < 4.78 is 1.29. The first kappa shape index (κ1) is 18.3. The molecule has 3 rings (SSSR count). The monoisotopic (exact) mass is 471 g/mol. The number of nitrogens with zero attached hydrogens (tertiary/aromatic N) is 2. The van der Waals surface area contributed by atoms with E-state index in [1.165, 1.54) is 19.7 Å². The zero-order chi connectivity index (χ0) is 17.7. The average Bonchev–Trinajstić information content (AvgIpc) is 3.02. The molecule has 3 aromatic rings. The third-order valence-electron chi connectivity index (χ3n) is 4.04. The van der Waals surface area contributed by atoms with Gasteiger partial charge in [0, 0.05) is 0 Å². The Bertz CT molecular complexity index is 848. The van der Waals surface area contributed by atoms with Gasteiger partial charge in [0.25, 0.3) is 0 Å². The molecule has 5 heteroatoms. The second-order valence-electron chi connectivity index (χ2n) is 8.05. The second kappa shape index (κ2) is 6.32. The minimum absolute atomic E-state index is 0.0531. The van der Waals surface area contributed by atoms with Crippen molar-refractivity contribution in [3.8, 4) is 10.6 Å². The van der Waals surface area contributed by atoms with Gasteiger partial charge in [0.05, 0.1) is 0 Å². The van der Waals surface area contributed by atoms with Crippen LogP contribution in [0.25, 0.3) is 20.2 Å². The van der Waals surface area contributed by atoms with Crippen molar-refractivity contribution in [1.29, 1.82) is 0 Å². The number of benzene rings is 1. The third-order valence-corrected chi connectivity index (χ3v) is 8.74. The fraction of sp³-hybridized carbons (Fsp3) is 0.474. The van der Waals surface area contributed by atoms with Crippen molar-refractivity contribution < 1.29 is 21.2 Å². The molecule has 0 unspecified atom stereocenters. The molecule has 0 amide bonds. The molecule has 0 aliphatic heterocycles. The van der Waals surface area contributed by atoms with Crippen LogP contribution in [0.3, 0.4) is 0 Å². The first-order valence-corrected chi connectivity index (χ1v) is 12.9. The number of halogens is 1. The van der Waals surface area contributed by atoms with Gasteiger partial charge in [-0.25, -0.2) is 0 Å². The summed E-state index contributed by atoms with van der Waals surface area (Å²) in [6, 6.07) is 6.90. The van der Waals surface area contributed by atoms with Crippen LogP contribution >= 0.6 is 22.7 Å². The van der Waals surface area contributed by atoms with Gasteiger partial charge in [-0.15, -0.1) is 0 Å². The van der Waals surface area contributed by atoms with Gasteiger partial charge in [-0.1, -0.05) is 0 Å². The van der Waals surface area contributed by atoms with E-state index in [9.17, 15) is 0 Å². The second-order valence-corrected chi connectivity index (χ2v) is 12.8. The predicted octanol–water partition coefficient (Wildman–Crippen LogP) is 2.90. The number of alkyl halides is 1. The van der Waals surface area contributed by atoms with E-state index in [0.29, 0.717) is 0 Å². The molecule has 0 spiro atoms. The van der Waals surface area contributed by atoms with Gasteiger partial charge in [-0.05, 0) is 0 Å². The van der Waals surface area contributed by atoms with Crippen LogP contribution in [-0.4, -0.2) is 14.9 Å². The topological polar surface area (TPSA) is 25.8 Å². The zero-order valence-electron chi connectivity index (χ0n) is 15.3. The van der Waals surface area contributed by atoms with E-state index >= 15 is 0 Å². The first-order chi connectivity index (χ1) is 11.1. The molecule has 2 aromatic heterocycles. The number of aromatic nitrogens is 2. The van der Waals surface area contributed by atoms with Crippen molar-refractivity contribution in [2.24, 2.45) is 0 Å². The van der Waals surface area contributed by atoms with Gasteiger partial charge in [0.1, 0.15) is 0 Å². The molecule has 0 aliphatic carbocycles. The maximum absolute atomic E-state index is 4.91. The Morgan fingerprint density at radius 1 is 0.875 bits per heavy atom. The number of fused-ring (bicyclic) bond motifs is 1. The normalized spacial score (nSPS) is 13.1. The van der Waals surface area contributed by atoms with Crippen LogP contribution in [0.5, 0.6) is 0 Å². The van der Waals surface area contributed by atoms with Crippen LogP contribution in [0.2, 0.25) is 0 Å². The third kappa shape index (κ3) is 3.53. The summed E-state index contributed by atoms with van der Waals surface area (Å²) in [6.07, 6.45) is 0. The van der Waals surface area contributed by atoms with Crippen LogP contribution in [0, 0.1) is 3.01 Å². The van der Waals surface area contributed by atoms with Crippen LogP contribution in [0.15, 0.2) is 18.2 Å². The predicted molar refractivity (Wildman–Crippen MR) is 103 cm³/mol. The van der Waals surface area contributed by atoms with E-state index < -0.39 is 0 Å². The van der Waals surface area contributed by atoms with E-state index in [0.717, 1.165) is 14.7 Å². The SMILES string of the molecule is C[I-]c1nc2sc(-c3ccc(C(C)(C)C)cc3C(C)(C)C)nc2s1. The van der Waals surface area contributed by atoms with Gasteiger partial charge in [0.15, 0.2) is 0 Å². The summed E-state index contributed by atoms with van der Waals surface area (Å²) in [5.41, 5.74) is 4.26. The van der Waals surface area contributed by atoms with Crippen molar-refractivity contribution in [3.63, 3.8) is 0 Å². The molecule has 0 saturated heterocycles. The van der Waals surface area contributed by atoms with Crippen LogP contribution in [0.4, 0.5) is 0 Å². The van der Waals surface area contributed by atoms with Crippen molar-refractivity contribution in [2.45, 2.75) is 52.4 Å². The molecule has 0 saturated carbocycles. The Hall–Kier alpha value is -0.530. The van der Waals surface area contributed by atoms with E-state index in [-0.39, 0.29) is 32.0 Å². The van der Waals surface area contributed by atoms with Gasteiger partial charge >= 0.3 is 164 Å². The summed E-state index contributed by atoms with van der Waals surface area (Å²) in [6.45, 7) is 13.7. The van der Waals surface area contributed by atoms with Crippen LogP contribution < -0.4 is 21.2 Å². The van der Waals surface area contributed by atoms with Gasteiger partial charge in [-0.2, -0.15) is 0 Å². The standard InChI is InChI=1S/C19H24IN2S2/c1-18(2,3)11-8-9-12(13(10-11)19(4,5)6)14-21-15-16(23-14)22-17(20-7)24-15/h8-10H,1-7H3/q-1. The molecule has 24 heavy (non-hydrogen) atoms. The number of rotatable bonds is 2. The molecule has 1 aromatic carbocycles. The van der Waals surface area contributed by atoms with Crippen LogP contribution in [-0.2, 0) is 10.8 Å². The van der Waals surface area contributed by atoms with E-state index in [4.69, 9.17) is 9.97 Å². The van der Waals surface area contributed by atoms with Crippen LogP contribution in [0.1, 0.15) is 52.7 Å². The molecule has 0 atom stereocenters. The van der Waals surface area contributed by atoms with Crippen molar-refractivity contribution in [3.05, 3.63) is 32.3 Å². The molecule has 0 N–H and O–H groups in total. The number of hydrogen-bond donors (Lipinski definition) is 0. The minimum atomic E-state index is 0.0531. The Morgan fingerprint density at radius 3 is 2.08 bits per heavy atom. The van der Waals surface area contributed by atoms with Gasteiger partial charge in [0.2, 0.25) is 0 Å². The van der Waals surface area contributed by atoms with Gasteiger partial charge < -0.3 is 0 Å². The number of thiazole rings is 2.